The van der Waals surface area contributed by atoms with Crippen LogP contribution in [0.2, 0.25) is 0 Å². The van der Waals surface area contributed by atoms with E-state index in [-0.39, 0.29) is 0 Å². The van der Waals surface area contributed by atoms with Crippen molar-refractivity contribution in [3.8, 4) is 11.5 Å². The minimum Gasteiger partial charge on any atom is -0.490 e. The number of carbonyl (C=O) groups is 1. The van der Waals surface area contributed by atoms with Crippen LogP contribution in [0.5, 0.6) is 11.5 Å². The van der Waals surface area contributed by atoms with E-state index in [2.05, 4.69) is 26.5 Å². The van der Waals surface area contributed by atoms with Crippen LogP contribution in [0.3, 0.4) is 0 Å². The zero-order valence-corrected chi connectivity index (χ0v) is 14.5. The summed E-state index contributed by atoms with van der Waals surface area (Å²) in [5.74, 6) is 0.469. The summed E-state index contributed by atoms with van der Waals surface area (Å²) < 4.78 is 11.4. The van der Waals surface area contributed by atoms with Gasteiger partial charge in [0.2, 0.25) is 0 Å². The van der Waals surface area contributed by atoms with Gasteiger partial charge in [0, 0.05) is 17.0 Å². The molecule has 2 rings (SSSR count). The molecule has 0 radical (unpaired) electrons. The Kier molecular flexibility index (Phi) is 6.17. The van der Waals surface area contributed by atoms with Crippen molar-refractivity contribution in [2.45, 2.75) is 13.8 Å². The molecule has 23 heavy (non-hydrogen) atoms. The standard InChI is InChI=1S/C17H17BrN2O3/c1-3-22-16-9-13(15(18)10-17(16)23-12(2)21)11-19-20-14-7-5-4-6-8-14/h4-11,20H,3H2,1-2H3. The molecule has 6 heteroatoms. The molecule has 0 unspecified atom stereocenters. The molecule has 0 heterocycles. The molecular weight excluding hydrogens is 360 g/mol. The maximum Gasteiger partial charge on any atom is 0.308 e. The fourth-order valence-corrected chi connectivity index (χ4v) is 2.27. The SMILES string of the molecule is CCOc1cc(C=NNc2ccccc2)c(Br)cc1OC(C)=O. The second kappa shape index (κ2) is 8.33. The van der Waals surface area contributed by atoms with Crippen molar-refractivity contribution in [2.75, 3.05) is 12.0 Å². The molecule has 1 N–H and O–H groups in total. The monoisotopic (exact) mass is 376 g/mol. The van der Waals surface area contributed by atoms with Gasteiger partial charge in [0.05, 0.1) is 18.5 Å². The predicted molar refractivity (Wildman–Crippen MR) is 94.3 cm³/mol. The summed E-state index contributed by atoms with van der Waals surface area (Å²) in [6.45, 7) is 3.68. The molecule has 0 aliphatic heterocycles. The molecule has 0 atom stereocenters. The first-order valence-electron chi connectivity index (χ1n) is 7.09. The first kappa shape index (κ1) is 17.0. The zero-order valence-electron chi connectivity index (χ0n) is 12.9. The third-order valence-corrected chi connectivity index (χ3v) is 3.47. The number of para-hydroxylation sites is 1. The topological polar surface area (TPSA) is 59.9 Å². The maximum atomic E-state index is 11.2. The number of anilines is 1. The Labute approximate surface area is 143 Å². The summed E-state index contributed by atoms with van der Waals surface area (Å²) in [7, 11) is 0. The smallest absolute Gasteiger partial charge is 0.308 e. The minimum absolute atomic E-state index is 0.374. The first-order valence-corrected chi connectivity index (χ1v) is 7.88. The molecule has 120 valence electrons. The molecule has 0 amide bonds. The van der Waals surface area contributed by atoms with E-state index in [9.17, 15) is 4.79 Å². The molecule has 0 bridgehead atoms. The van der Waals surface area contributed by atoms with E-state index in [1.807, 2.05) is 37.3 Å². The molecule has 5 nitrogen and oxygen atoms in total. The number of rotatable bonds is 6. The van der Waals surface area contributed by atoms with Gasteiger partial charge in [0.25, 0.3) is 0 Å². The van der Waals surface area contributed by atoms with Gasteiger partial charge >= 0.3 is 5.97 Å². The van der Waals surface area contributed by atoms with E-state index in [1.54, 1.807) is 18.3 Å². The van der Waals surface area contributed by atoms with Crippen LogP contribution >= 0.6 is 15.9 Å². The summed E-state index contributed by atoms with van der Waals surface area (Å²) in [6, 6.07) is 13.1. The van der Waals surface area contributed by atoms with E-state index in [4.69, 9.17) is 9.47 Å². The van der Waals surface area contributed by atoms with E-state index >= 15 is 0 Å². The predicted octanol–water partition coefficient (Wildman–Crippen LogP) is 4.22. The van der Waals surface area contributed by atoms with Gasteiger partial charge in [-0.25, -0.2) is 0 Å². The maximum absolute atomic E-state index is 11.2. The fraction of sp³-hybridized carbons (Fsp3) is 0.176. The van der Waals surface area contributed by atoms with Gasteiger partial charge in [0.15, 0.2) is 11.5 Å². The number of benzene rings is 2. The first-order chi connectivity index (χ1) is 11.1. The van der Waals surface area contributed by atoms with Gasteiger partial charge in [-0.05, 0) is 47.1 Å². The number of hydrogen-bond acceptors (Lipinski definition) is 5. The summed E-state index contributed by atoms with van der Waals surface area (Å²) in [5.41, 5.74) is 4.63. The molecular formula is C17H17BrN2O3. The van der Waals surface area contributed by atoms with Crippen LogP contribution in [-0.2, 0) is 4.79 Å². The normalized spacial score (nSPS) is 10.6. The molecule has 2 aromatic carbocycles. The van der Waals surface area contributed by atoms with Crippen molar-refractivity contribution in [3.05, 3.63) is 52.5 Å². The summed E-state index contributed by atoms with van der Waals surface area (Å²) in [6.07, 6.45) is 1.66. The van der Waals surface area contributed by atoms with E-state index in [0.717, 1.165) is 15.7 Å². The third kappa shape index (κ3) is 5.10. The van der Waals surface area contributed by atoms with Crippen molar-refractivity contribution in [3.63, 3.8) is 0 Å². The van der Waals surface area contributed by atoms with Gasteiger partial charge in [-0.15, -0.1) is 0 Å². The lowest BCUT2D eigenvalue weighted by atomic mass is 10.2. The highest BCUT2D eigenvalue weighted by Crippen LogP contribution is 2.33. The fourth-order valence-electron chi connectivity index (χ4n) is 1.84. The highest BCUT2D eigenvalue weighted by atomic mass is 79.9. The number of nitrogens with one attached hydrogen (secondary N) is 1. The second-order valence-corrected chi connectivity index (χ2v) is 5.44. The molecule has 0 saturated carbocycles. The van der Waals surface area contributed by atoms with Crippen LogP contribution in [0.25, 0.3) is 0 Å². The molecule has 0 aliphatic rings. The highest BCUT2D eigenvalue weighted by Gasteiger charge is 2.11. The second-order valence-electron chi connectivity index (χ2n) is 4.58. The van der Waals surface area contributed by atoms with Crippen LogP contribution in [0.4, 0.5) is 5.69 Å². The molecule has 0 aromatic heterocycles. The van der Waals surface area contributed by atoms with Crippen LogP contribution in [0.1, 0.15) is 19.4 Å². The average Bonchev–Trinajstić information content (AvgIpc) is 2.52. The lowest BCUT2D eigenvalue weighted by Gasteiger charge is -2.11. The van der Waals surface area contributed by atoms with Crippen LogP contribution < -0.4 is 14.9 Å². The number of halogens is 1. The van der Waals surface area contributed by atoms with Gasteiger partial charge < -0.3 is 9.47 Å². The number of nitrogens with zero attached hydrogens (tertiary/aromatic N) is 1. The minimum atomic E-state index is -0.398. The Bertz CT molecular complexity index is 702. The Hall–Kier alpha value is -2.34. The summed E-state index contributed by atoms with van der Waals surface area (Å²) in [4.78, 5) is 11.2. The Morgan fingerprint density at radius 3 is 2.65 bits per heavy atom. The zero-order chi connectivity index (χ0) is 16.7. The number of esters is 1. The third-order valence-electron chi connectivity index (χ3n) is 2.79. The number of hydrogen-bond donors (Lipinski definition) is 1. The van der Waals surface area contributed by atoms with Crippen LogP contribution in [0, 0.1) is 0 Å². The average molecular weight is 377 g/mol. The number of carbonyl (C=O) groups excluding carboxylic acids is 1. The number of ether oxygens (including phenoxy) is 2. The molecule has 0 saturated heterocycles. The van der Waals surface area contributed by atoms with Gasteiger partial charge in [-0.1, -0.05) is 18.2 Å². The Morgan fingerprint density at radius 1 is 1.26 bits per heavy atom. The van der Waals surface area contributed by atoms with Crippen molar-refractivity contribution < 1.29 is 14.3 Å². The number of hydrazone groups is 1. The molecule has 0 fully saturated rings. The largest absolute Gasteiger partial charge is 0.490 e. The van der Waals surface area contributed by atoms with E-state index < -0.39 is 5.97 Å². The van der Waals surface area contributed by atoms with Crippen molar-refractivity contribution in [1.82, 2.24) is 0 Å². The van der Waals surface area contributed by atoms with Crippen molar-refractivity contribution in [1.29, 1.82) is 0 Å². The van der Waals surface area contributed by atoms with E-state index in [1.165, 1.54) is 6.92 Å². The van der Waals surface area contributed by atoms with Crippen molar-refractivity contribution >= 4 is 33.8 Å². The van der Waals surface area contributed by atoms with Crippen LogP contribution in [0.15, 0.2) is 52.0 Å². The van der Waals surface area contributed by atoms with Gasteiger partial charge in [-0.2, -0.15) is 5.10 Å². The Balaban J connectivity index is 2.21. The molecule has 0 spiro atoms. The van der Waals surface area contributed by atoms with Gasteiger partial charge in [-0.3, -0.25) is 10.2 Å². The lowest BCUT2D eigenvalue weighted by molar-refractivity contribution is -0.132. The molecule has 2 aromatic rings. The Morgan fingerprint density at radius 2 is 2.00 bits per heavy atom. The lowest BCUT2D eigenvalue weighted by Crippen LogP contribution is -2.05. The van der Waals surface area contributed by atoms with Crippen LogP contribution in [-0.4, -0.2) is 18.8 Å². The summed E-state index contributed by atoms with van der Waals surface area (Å²) in [5, 5.41) is 4.20. The van der Waals surface area contributed by atoms with Crippen molar-refractivity contribution in [2.24, 2.45) is 5.10 Å². The molecule has 0 aliphatic carbocycles. The van der Waals surface area contributed by atoms with E-state index in [0.29, 0.717) is 18.1 Å². The highest BCUT2D eigenvalue weighted by molar-refractivity contribution is 9.10. The summed E-state index contributed by atoms with van der Waals surface area (Å²) >= 11 is 3.44. The van der Waals surface area contributed by atoms with Gasteiger partial charge in [0.1, 0.15) is 0 Å². The quantitative estimate of drug-likeness (QED) is 0.355.